The summed E-state index contributed by atoms with van der Waals surface area (Å²) in [5.41, 5.74) is 0. The largest absolute Gasteiger partial charge is 0.353 e. The third kappa shape index (κ3) is 9.97. The molecular weight excluding hydrogens is 362 g/mol. The van der Waals surface area contributed by atoms with E-state index >= 15 is 0 Å². The van der Waals surface area contributed by atoms with Gasteiger partial charge in [0.25, 0.3) is 0 Å². The first kappa shape index (κ1) is 25.9. The number of carbonyl (C=O) groups excluding carboxylic acids is 2. The number of nitrogens with zero attached hydrogens (tertiary/aromatic N) is 1. The molecule has 5 heteroatoms. The van der Waals surface area contributed by atoms with Crippen LogP contribution in [0, 0.1) is 29.6 Å². The number of hydrogen-bond donors (Lipinski definition) is 2. The van der Waals surface area contributed by atoms with Crippen molar-refractivity contribution in [3.63, 3.8) is 0 Å². The van der Waals surface area contributed by atoms with Crippen molar-refractivity contribution in [1.29, 1.82) is 0 Å². The molecule has 1 rings (SSSR count). The topological polar surface area (TPSA) is 61.4 Å². The van der Waals surface area contributed by atoms with E-state index in [4.69, 9.17) is 0 Å². The van der Waals surface area contributed by atoms with Crippen molar-refractivity contribution in [2.45, 2.75) is 86.6 Å². The fourth-order valence-electron chi connectivity index (χ4n) is 4.38. The molecule has 1 saturated carbocycles. The van der Waals surface area contributed by atoms with Crippen molar-refractivity contribution in [2.24, 2.45) is 29.6 Å². The summed E-state index contributed by atoms with van der Waals surface area (Å²) in [5, 5.41) is 6.13. The minimum atomic E-state index is -0.449. The Labute approximate surface area is 179 Å². The van der Waals surface area contributed by atoms with E-state index in [9.17, 15) is 9.59 Å². The van der Waals surface area contributed by atoms with Gasteiger partial charge in [-0.05, 0) is 49.4 Å². The molecule has 1 atom stereocenters. The van der Waals surface area contributed by atoms with Crippen LogP contribution in [-0.2, 0) is 9.59 Å². The van der Waals surface area contributed by atoms with Crippen LogP contribution in [0.4, 0.5) is 0 Å². The van der Waals surface area contributed by atoms with E-state index in [2.05, 4.69) is 50.2 Å². The van der Waals surface area contributed by atoms with Crippen LogP contribution in [0.3, 0.4) is 0 Å². The molecule has 1 aliphatic carbocycles. The van der Waals surface area contributed by atoms with Crippen molar-refractivity contribution in [2.75, 3.05) is 26.2 Å². The van der Waals surface area contributed by atoms with E-state index in [1.807, 2.05) is 13.8 Å². The molecule has 0 aromatic heterocycles. The van der Waals surface area contributed by atoms with Crippen LogP contribution in [0.25, 0.3) is 0 Å². The Balaban J connectivity index is 2.51. The van der Waals surface area contributed by atoms with Gasteiger partial charge >= 0.3 is 0 Å². The summed E-state index contributed by atoms with van der Waals surface area (Å²) in [5.74, 6) is 2.14. The van der Waals surface area contributed by atoms with Crippen LogP contribution in [0.2, 0.25) is 0 Å². The molecule has 0 radical (unpaired) electrons. The maximum atomic E-state index is 12.8. The standard InChI is InChI=1S/C24H47N3O2/c1-8-20-9-11-21(12-10-20)23(28)26-22(19(6)7)24(29)25-13-14-27(15-17(2)3)16-18(4)5/h17-22H,8-16H2,1-7H3,(H,25,29)(H,26,28)/t20?,21?,22-/m1/s1. The molecule has 2 N–H and O–H groups in total. The fourth-order valence-corrected chi connectivity index (χ4v) is 4.38. The Kier molecular flexibility index (Phi) is 11.9. The summed E-state index contributed by atoms with van der Waals surface area (Å²) in [6.45, 7) is 18.7. The minimum absolute atomic E-state index is 0.0513. The number of carbonyl (C=O) groups is 2. The van der Waals surface area contributed by atoms with E-state index in [-0.39, 0.29) is 23.7 Å². The third-order valence-corrected chi connectivity index (χ3v) is 6.02. The first-order valence-electron chi connectivity index (χ1n) is 11.9. The predicted octanol–water partition coefficient (Wildman–Crippen LogP) is 4.07. The highest BCUT2D eigenvalue weighted by atomic mass is 16.2. The van der Waals surface area contributed by atoms with Gasteiger partial charge in [-0.2, -0.15) is 0 Å². The predicted molar refractivity (Wildman–Crippen MR) is 122 cm³/mol. The summed E-state index contributed by atoms with van der Waals surface area (Å²) in [7, 11) is 0. The third-order valence-electron chi connectivity index (χ3n) is 6.02. The zero-order valence-corrected chi connectivity index (χ0v) is 20.1. The van der Waals surface area contributed by atoms with Crippen LogP contribution in [-0.4, -0.2) is 48.9 Å². The van der Waals surface area contributed by atoms with Gasteiger partial charge < -0.3 is 15.5 Å². The van der Waals surface area contributed by atoms with Gasteiger partial charge in [0.05, 0.1) is 0 Å². The molecule has 0 saturated heterocycles. The van der Waals surface area contributed by atoms with Crippen LogP contribution in [0.5, 0.6) is 0 Å². The van der Waals surface area contributed by atoms with Crippen LogP contribution in [0.15, 0.2) is 0 Å². The Morgan fingerprint density at radius 1 is 0.931 bits per heavy atom. The second-order valence-electron chi connectivity index (χ2n) is 10.2. The van der Waals surface area contributed by atoms with Gasteiger partial charge in [-0.1, -0.05) is 54.9 Å². The van der Waals surface area contributed by atoms with Gasteiger partial charge in [0.1, 0.15) is 6.04 Å². The number of hydrogen-bond acceptors (Lipinski definition) is 3. The molecule has 0 spiro atoms. The van der Waals surface area contributed by atoms with Crippen molar-refractivity contribution >= 4 is 11.8 Å². The van der Waals surface area contributed by atoms with Crippen molar-refractivity contribution in [3.8, 4) is 0 Å². The lowest BCUT2D eigenvalue weighted by Crippen LogP contribution is -2.52. The Morgan fingerprint density at radius 2 is 1.48 bits per heavy atom. The maximum absolute atomic E-state index is 12.8. The Bertz CT molecular complexity index is 473. The molecule has 5 nitrogen and oxygen atoms in total. The SMILES string of the molecule is CCC1CCC(C(=O)N[C@@H](C(=O)NCCN(CC(C)C)CC(C)C)C(C)C)CC1. The summed E-state index contributed by atoms with van der Waals surface area (Å²) in [4.78, 5) is 27.9. The molecule has 29 heavy (non-hydrogen) atoms. The first-order chi connectivity index (χ1) is 13.6. The number of nitrogens with one attached hydrogen (secondary N) is 2. The lowest BCUT2D eigenvalue weighted by atomic mass is 9.80. The zero-order chi connectivity index (χ0) is 22.0. The summed E-state index contributed by atoms with van der Waals surface area (Å²) >= 11 is 0. The molecule has 0 bridgehead atoms. The highest BCUT2D eigenvalue weighted by molar-refractivity contribution is 5.88. The fraction of sp³-hybridized carbons (Fsp3) is 0.917. The van der Waals surface area contributed by atoms with Gasteiger partial charge in [0.15, 0.2) is 0 Å². The normalized spacial score (nSPS) is 21.1. The minimum Gasteiger partial charge on any atom is -0.353 e. The van der Waals surface area contributed by atoms with E-state index in [1.54, 1.807) is 0 Å². The quantitative estimate of drug-likeness (QED) is 0.511. The molecule has 1 fully saturated rings. The van der Waals surface area contributed by atoms with Crippen LogP contribution in [0.1, 0.15) is 80.6 Å². The van der Waals surface area contributed by atoms with Gasteiger partial charge in [-0.3, -0.25) is 9.59 Å². The second-order valence-corrected chi connectivity index (χ2v) is 10.2. The average Bonchev–Trinajstić information content (AvgIpc) is 2.64. The zero-order valence-electron chi connectivity index (χ0n) is 20.1. The smallest absolute Gasteiger partial charge is 0.242 e. The Morgan fingerprint density at radius 3 is 1.93 bits per heavy atom. The number of amides is 2. The molecule has 0 heterocycles. The first-order valence-corrected chi connectivity index (χ1v) is 11.9. The van der Waals surface area contributed by atoms with Gasteiger partial charge in [-0.15, -0.1) is 0 Å². The van der Waals surface area contributed by atoms with Gasteiger partial charge in [0.2, 0.25) is 11.8 Å². The highest BCUT2D eigenvalue weighted by Crippen LogP contribution is 2.30. The summed E-state index contributed by atoms with van der Waals surface area (Å²) < 4.78 is 0. The van der Waals surface area contributed by atoms with Gasteiger partial charge in [-0.25, -0.2) is 0 Å². The van der Waals surface area contributed by atoms with Gasteiger partial charge in [0, 0.05) is 32.1 Å². The van der Waals surface area contributed by atoms with Crippen molar-refractivity contribution in [3.05, 3.63) is 0 Å². The molecule has 170 valence electrons. The monoisotopic (exact) mass is 409 g/mol. The highest BCUT2D eigenvalue weighted by Gasteiger charge is 2.30. The second kappa shape index (κ2) is 13.3. The van der Waals surface area contributed by atoms with Crippen molar-refractivity contribution in [1.82, 2.24) is 15.5 Å². The van der Waals surface area contributed by atoms with E-state index < -0.39 is 6.04 Å². The lowest BCUT2D eigenvalue weighted by molar-refractivity contribution is -0.132. The molecule has 0 unspecified atom stereocenters. The summed E-state index contributed by atoms with van der Waals surface area (Å²) in [6, 6.07) is -0.449. The number of rotatable bonds is 12. The molecule has 0 aliphatic heterocycles. The molecule has 0 aromatic carbocycles. The van der Waals surface area contributed by atoms with E-state index in [1.165, 1.54) is 6.42 Å². The Hall–Kier alpha value is -1.10. The maximum Gasteiger partial charge on any atom is 0.242 e. The van der Waals surface area contributed by atoms with E-state index in [0.717, 1.165) is 51.2 Å². The van der Waals surface area contributed by atoms with E-state index in [0.29, 0.717) is 18.4 Å². The molecular formula is C24H47N3O2. The lowest BCUT2D eigenvalue weighted by Gasteiger charge is -2.30. The van der Waals surface area contributed by atoms with Crippen LogP contribution >= 0.6 is 0 Å². The van der Waals surface area contributed by atoms with Crippen molar-refractivity contribution < 1.29 is 9.59 Å². The molecule has 1 aliphatic rings. The summed E-state index contributed by atoms with van der Waals surface area (Å²) in [6.07, 6.45) is 5.38. The molecule has 2 amide bonds. The average molecular weight is 410 g/mol. The van der Waals surface area contributed by atoms with Crippen LogP contribution < -0.4 is 10.6 Å². The molecule has 0 aromatic rings.